The minimum absolute atomic E-state index is 0.106. The lowest BCUT2D eigenvalue weighted by molar-refractivity contribution is -0.134. The number of hydrogen-bond acceptors (Lipinski definition) is 3. The van der Waals surface area contributed by atoms with Gasteiger partial charge >= 0.3 is 0 Å². The summed E-state index contributed by atoms with van der Waals surface area (Å²) in [5, 5.41) is 8.54. The second-order valence-corrected chi connectivity index (χ2v) is 6.64. The first kappa shape index (κ1) is 16.8. The van der Waals surface area contributed by atoms with E-state index in [-0.39, 0.29) is 23.8 Å². The normalized spacial score (nSPS) is 25.2. The molecule has 0 bridgehead atoms. The monoisotopic (exact) mass is 309 g/mol. The van der Waals surface area contributed by atoms with E-state index < -0.39 is 11.6 Å². The summed E-state index contributed by atoms with van der Waals surface area (Å²) < 4.78 is 0. The largest absolute Gasteiger partial charge is 0.351 e. The van der Waals surface area contributed by atoms with E-state index >= 15 is 0 Å². The van der Waals surface area contributed by atoms with Gasteiger partial charge in [0.25, 0.3) is 0 Å². The van der Waals surface area contributed by atoms with Gasteiger partial charge in [-0.15, -0.1) is 0 Å². The Morgan fingerprint density at radius 1 is 1.23 bits per heavy atom. The molecule has 0 aromatic rings. The molecule has 1 saturated heterocycles. The van der Waals surface area contributed by atoms with Crippen LogP contribution in [0.15, 0.2) is 0 Å². The molecule has 2 atom stereocenters. The first-order valence-corrected chi connectivity index (χ1v) is 8.37. The van der Waals surface area contributed by atoms with Gasteiger partial charge in [0.2, 0.25) is 17.7 Å². The first-order valence-electron chi connectivity index (χ1n) is 8.37. The van der Waals surface area contributed by atoms with E-state index in [1.807, 2.05) is 6.92 Å². The molecule has 0 aromatic carbocycles. The van der Waals surface area contributed by atoms with E-state index in [4.69, 9.17) is 0 Å². The predicted octanol–water partition coefficient (Wildman–Crippen LogP) is 0.999. The lowest BCUT2D eigenvalue weighted by Crippen LogP contribution is -2.60. The fourth-order valence-electron chi connectivity index (χ4n) is 3.07. The summed E-state index contributed by atoms with van der Waals surface area (Å²) in [6.45, 7) is 3.63. The zero-order chi connectivity index (χ0) is 16.2. The van der Waals surface area contributed by atoms with Gasteiger partial charge in [0.15, 0.2) is 0 Å². The van der Waals surface area contributed by atoms with E-state index in [9.17, 15) is 14.4 Å². The maximum absolute atomic E-state index is 12.6. The molecule has 2 aliphatic rings. The van der Waals surface area contributed by atoms with Crippen LogP contribution in [0.3, 0.4) is 0 Å². The van der Waals surface area contributed by atoms with E-state index in [0.29, 0.717) is 19.3 Å². The molecule has 2 rings (SSSR count). The van der Waals surface area contributed by atoms with E-state index in [1.54, 1.807) is 6.92 Å². The van der Waals surface area contributed by atoms with Gasteiger partial charge in [0.05, 0.1) is 0 Å². The summed E-state index contributed by atoms with van der Waals surface area (Å²) in [7, 11) is 0. The maximum Gasteiger partial charge on any atom is 0.245 e. The fraction of sp³-hybridized carbons (Fsp3) is 0.812. The number of amides is 3. The first-order chi connectivity index (χ1) is 10.4. The zero-order valence-electron chi connectivity index (χ0n) is 13.5. The van der Waals surface area contributed by atoms with Crippen molar-refractivity contribution in [2.24, 2.45) is 0 Å². The summed E-state index contributed by atoms with van der Waals surface area (Å²) in [6, 6.07) is -0.295. The molecule has 0 radical (unpaired) electrons. The minimum Gasteiger partial charge on any atom is -0.351 e. The Morgan fingerprint density at radius 3 is 2.45 bits per heavy atom. The Labute approximate surface area is 131 Å². The molecule has 0 spiro atoms. The number of rotatable bonds is 5. The highest BCUT2D eigenvalue weighted by molar-refractivity contribution is 5.95. The molecule has 3 N–H and O–H groups in total. The highest BCUT2D eigenvalue weighted by Gasteiger charge is 2.37. The van der Waals surface area contributed by atoms with Gasteiger partial charge in [-0.1, -0.05) is 26.2 Å². The number of nitrogens with one attached hydrogen (secondary N) is 3. The van der Waals surface area contributed by atoms with Crippen LogP contribution in [0.25, 0.3) is 0 Å². The van der Waals surface area contributed by atoms with Crippen molar-refractivity contribution in [2.45, 2.75) is 82.8 Å². The maximum atomic E-state index is 12.6. The highest BCUT2D eigenvalue weighted by atomic mass is 16.2. The number of carbonyl (C=O) groups excluding carboxylic acids is 3. The van der Waals surface area contributed by atoms with E-state index in [1.165, 1.54) is 6.42 Å². The summed E-state index contributed by atoms with van der Waals surface area (Å²) in [6.07, 6.45) is 6.93. The second-order valence-electron chi connectivity index (χ2n) is 6.64. The van der Waals surface area contributed by atoms with Gasteiger partial charge in [-0.05, 0) is 32.6 Å². The number of carbonyl (C=O) groups is 3. The summed E-state index contributed by atoms with van der Waals surface area (Å²) in [5.41, 5.74) is -0.929. The highest BCUT2D eigenvalue weighted by Crippen LogP contribution is 2.19. The van der Waals surface area contributed by atoms with Gasteiger partial charge in [0, 0.05) is 12.5 Å². The van der Waals surface area contributed by atoms with Crippen LogP contribution >= 0.6 is 0 Å². The van der Waals surface area contributed by atoms with Crippen LogP contribution < -0.4 is 16.0 Å². The van der Waals surface area contributed by atoms with Crippen LogP contribution in [0.1, 0.15) is 65.2 Å². The van der Waals surface area contributed by atoms with Crippen LogP contribution in [0.4, 0.5) is 0 Å². The molecular formula is C16H27N3O3. The predicted molar refractivity (Wildman–Crippen MR) is 83.0 cm³/mol. The molecule has 1 aliphatic heterocycles. The SMILES string of the molecule is CCC(C)(NC(=O)C1CCC(=O)N1)C(=O)NC1CCCCC1. The van der Waals surface area contributed by atoms with Crippen molar-refractivity contribution in [1.82, 2.24) is 16.0 Å². The van der Waals surface area contributed by atoms with Gasteiger partial charge < -0.3 is 16.0 Å². The van der Waals surface area contributed by atoms with Gasteiger partial charge in [0.1, 0.15) is 11.6 Å². The fourth-order valence-corrected chi connectivity index (χ4v) is 3.07. The van der Waals surface area contributed by atoms with E-state index in [2.05, 4.69) is 16.0 Å². The summed E-state index contributed by atoms with van der Waals surface area (Å²) >= 11 is 0. The molecule has 22 heavy (non-hydrogen) atoms. The molecule has 1 saturated carbocycles. The summed E-state index contributed by atoms with van der Waals surface area (Å²) in [4.78, 5) is 36.0. The smallest absolute Gasteiger partial charge is 0.245 e. The lowest BCUT2D eigenvalue weighted by atomic mass is 9.92. The van der Waals surface area contributed by atoms with Crippen LogP contribution in [-0.4, -0.2) is 35.3 Å². The molecule has 3 amide bonds. The quantitative estimate of drug-likeness (QED) is 0.708. The van der Waals surface area contributed by atoms with Crippen molar-refractivity contribution in [3.8, 4) is 0 Å². The molecule has 2 unspecified atom stereocenters. The Kier molecular flexibility index (Phi) is 5.42. The van der Waals surface area contributed by atoms with Crippen molar-refractivity contribution in [3.63, 3.8) is 0 Å². The van der Waals surface area contributed by atoms with Crippen molar-refractivity contribution >= 4 is 17.7 Å². The Balaban J connectivity index is 1.92. The van der Waals surface area contributed by atoms with Crippen molar-refractivity contribution < 1.29 is 14.4 Å². The third-order valence-electron chi connectivity index (χ3n) is 4.86. The molecule has 0 aromatic heterocycles. The van der Waals surface area contributed by atoms with Gasteiger partial charge in [-0.3, -0.25) is 14.4 Å². The van der Waals surface area contributed by atoms with Crippen LogP contribution in [0.2, 0.25) is 0 Å². The molecular weight excluding hydrogens is 282 g/mol. The van der Waals surface area contributed by atoms with E-state index in [0.717, 1.165) is 25.7 Å². The van der Waals surface area contributed by atoms with Gasteiger partial charge in [-0.2, -0.15) is 0 Å². The molecule has 2 fully saturated rings. The molecule has 6 heteroatoms. The minimum atomic E-state index is -0.929. The Hall–Kier alpha value is -1.59. The molecule has 1 heterocycles. The van der Waals surface area contributed by atoms with Crippen LogP contribution in [0.5, 0.6) is 0 Å². The Bertz CT molecular complexity index is 446. The third-order valence-corrected chi connectivity index (χ3v) is 4.86. The molecule has 124 valence electrons. The van der Waals surface area contributed by atoms with Gasteiger partial charge in [-0.25, -0.2) is 0 Å². The molecule has 6 nitrogen and oxygen atoms in total. The second kappa shape index (κ2) is 7.11. The topological polar surface area (TPSA) is 87.3 Å². The van der Waals surface area contributed by atoms with Crippen molar-refractivity contribution in [2.75, 3.05) is 0 Å². The third kappa shape index (κ3) is 3.99. The average Bonchev–Trinajstić information content (AvgIpc) is 2.94. The standard InChI is InChI=1S/C16H27N3O3/c1-3-16(2,15(22)17-11-7-5-4-6-8-11)19-14(21)12-9-10-13(20)18-12/h11-12H,3-10H2,1-2H3,(H,17,22)(H,18,20)(H,19,21). The molecule has 1 aliphatic carbocycles. The number of hydrogen-bond donors (Lipinski definition) is 3. The van der Waals surface area contributed by atoms with Crippen molar-refractivity contribution in [1.29, 1.82) is 0 Å². The zero-order valence-corrected chi connectivity index (χ0v) is 13.5. The lowest BCUT2D eigenvalue weighted by Gasteiger charge is -2.32. The Morgan fingerprint density at radius 2 is 1.91 bits per heavy atom. The van der Waals surface area contributed by atoms with Crippen LogP contribution in [-0.2, 0) is 14.4 Å². The summed E-state index contributed by atoms with van der Waals surface area (Å²) in [5.74, 6) is -0.501. The van der Waals surface area contributed by atoms with Crippen LogP contribution in [0, 0.1) is 0 Å². The van der Waals surface area contributed by atoms with Crippen molar-refractivity contribution in [3.05, 3.63) is 0 Å². The average molecular weight is 309 g/mol.